The van der Waals surface area contributed by atoms with E-state index in [1.165, 1.54) is 5.56 Å². The van der Waals surface area contributed by atoms with Gasteiger partial charge in [-0.3, -0.25) is 5.43 Å². The van der Waals surface area contributed by atoms with Gasteiger partial charge in [-0.1, -0.05) is 72.3 Å². The second kappa shape index (κ2) is 9.57. The smallest absolute Gasteiger partial charge is 0.186 e. The Morgan fingerprint density at radius 2 is 1.70 bits per heavy atom. The van der Waals surface area contributed by atoms with Crippen LogP contribution >= 0.6 is 23.8 Å². The lowest BCUT2D eigenvalue weighted by Crippen LogP contribution is -2.33. The molecule has 0 bridgehead atoms. The Morgan fingerprint density at radius 3 is 2.50 bits per heavy atom. The summed E-state index contributed by atoms with van der Waals surface area (Å²) < 4.78 is 0. The summed E-state index contributed by atoms with van der Waals surface area (Å²) in [5.41, 5.74) is 8.25. The minimum atomic E-state index is 0.495. The van der Waals surface area contributed by atoms with Crippen LogP contribution in [0.2, 0.25) is 5.02 Å². The zero-order chi connectivity index (χ0) is 20.8. The Morgan fingerprint density at radius 1 is 0.967 bits per heavy atom. The fraction of sp³-hybridized carbons (Fsp3) is 0.0833. The van der Waals surface area contributed by atoms with Crippen LogP contribution < -0.4 is 10.7 Å². The largest absolute Gasteiger partial charge is 0.361 e. The van der Waals surface area contributed by atoms with Crippen LogP contribution in [-0.2, 0) is 6.42 Å². The van der Waals surface area contributed by atoms with Crippen molar-refractivity contribution in [2.24, 2.45) is 5.10 Å². The van der Waals surface area contributed by atoms with Crippen LogP contribution in [0.15, 0.2) is 84.0 Å². The molecule has 4 aromatic rings. The summed E-state index contributed by atoms with van der Waals surface area (Å²) in [6.07, 6.45) is 2.70. The highest BCUT2D eigenvalue weighted by Gasteiger charge is 2.11. The summed E-state index contributed by atoms with van der Waals surface area (Å²) in [6.45, 7) is 0.745. The van der Waals surface area contributed by atoms with Crippen LogP contribution in [0.4, 0.5) is 0 Å². The van der Waals surface area contributed by atoms with Crippen LogP contribution in [0.5, 0.6) is 0 Å². The van der Waals surface area contributed by atoms with E-state index in [0.717, 1.165) is 40.7 Å². The lowest BCUT2D eigenvalue weighted by molar-refractivity contribution is 0.838. The van der Waals surface area contributed by atoms with Gasteiger partial charge < -0.3 is 10.3 Å². The third kappa shape index (κ3) is 4.87. The van der Waals surface area contributed by atoms with E-state index in [-0.39, 0.29) is 0 Å². The number of nitrogens with zero attached hydrogens (tertiary/aromatic N) is 1. The minimum Gasteiger partial charge on any atom is -0.361 e. The van der Waals surface area contributed by atoms with Crippen molar-refractivity contribution in [2.75, 3.05) is 6.54 Å². The van der Waals surface area contributed by atoms with Gasteiger partial charge in [-0.15, -0.1) is 0 Å². The maximum absolute atomic E-state index is 6.05. The average Bonchev–Trinajstić information content (AvgIpc) is 3.14. The number of rotatable bonds is 6. The Hall–Kier alpha value is -3.15. The first kappa shape index (κ1) is 20.1. The predicted octanol–water partition coefficient (Wildman–Crippen LogP) is 5.53. The van der Waals surface area contributed by atoms with Gasteiger partial charge in [0.1, 0.15) is 0 Å². The van der Waals surface area contributed by atoms with Crippen molar-refractivity contribution in [3.8, 4) is 11.3 Å². The van der Waals surface area contributed by atoms with Crippen molar-refractivity contribution in [1.82, 2.24) is 15.7 Å². The first-order valence-corrected chi connectivity index (χ1v) is 10.5. The number of benzene rings is 3. The zero-order valence-corrected chi connectivity index (χ0v) is 17.8. The molecule has 0 spiro atoms. The second-order valence-electron chi connectivity index (χ2n) is 6.83. The molecule has 0 atom stereocenters. The molecule has 4 nitrogen and oxygen atoms in total. The summed E-state index contributed by atoms with van der Waals surface area (Å²) in [6, 6.07) is 26.2. The molecule has 4 rings (SSSR count). The van der Waals surface area contributed by atoms with E-state index < -0.39 is 0 Å². The number of para-hydroxylation sites is 1. The first-order valence-electron chi connectivity index (χ1n) is 9.68. The highest BCUT2D eigenvalue weighted by Crippen LogP contribution is 2.29. The van der Waals surface area contributed by atoms with E-state index in [0.29, 0.717) is 10.1 Å². The number of halogens is 1. The number of aromatic nitrogens is 1. The van der Waals surface area contributed by atoms with E-state index in [2.05, 4.69) is 45.1 Å². The molecule has 0 amide bonds. The minimum absolute atomic E-state index is 0.495. The quantitative estimate of drug-likeness (QED) is 0.213. The monoisotopic (exact) mass is 432 g/mol. The van der Waals surface area contributed by atoms with E-state index in [1.807, 2.05) is 54.6 Å². The number of hydrogen-bond acceptors (Lipinski definition) is 2. The van der Waals surface area contributed by atoms with Crippen molar-refractivity contribution in [2.45, 2.75) is 6.42 Å². The number of thiocarbonyl (C=S) groups is 1. The van der Waals surface area contributed by atoms with Crippen LogP contribution in [0.3, 0.4) is 0 Å². The maximum Gasteiger partial charge on any atom is 0.186 e. The van der Waals surface area contributed by atoms with Gasteiger partial charge in [0, 0.05) is 28.0 Å². The number of fused-ring (bicyclic) bond motifs is 1. The molecule has 1 aromatic heterocycles. The van der Waals surface area contributed by atoms with Gasteiger partial charge in [0.05, 0.1) is 11.9 Å². The van der Waals surface area contributed by atoms with Gasteiger partial charge in [-0.2, -0.15) is 5.10 Å². The summed E-state index contributed by atoms with van der Waals surface area (Å²) in [7, 11) is 0. The standard InChI is InChI=1S/C24H21ClN4S/c25-19-12-10-18(11-13-19)23-21(20-8-4-5-9-22(20)28-23)16-27-29-24(30)26-15-14-17-6-2-1-3-7-17/h1-13,16,28H,14-15H2,(H2,26,29,30). The molecular weight excluding hydrogens is 412 g/mol. The second-order valence-corrected chi connectivity index (χ2v) is 7.67. The first-order chi connectivity index (χ1) is 14.7. The average molecular weight is 433 g/mol. The lowest BCUT2D eigenvalue weighted by Gasteiger charge is -2.07. The van der Waals surface area contributed by atoms with E-state index in [1.54, 1.807) is 6.21 Å². The predicted molar refractivity (Wildman–Crippen MR) is 130 cm³/mol. The van der Waals surface area contributed by atoms with E-state index >= 15 is 0 Å². The number of H-pyrrole nitrogens is 1. The molecule has 0 fully saturated rings. The molecule has 150 valence electrons. The summed E-state index contributed by atoms with van der Waals surface area (Å²) in [5.74, 6) is 0. The molecule has 0 unspecified atom stereocenters. The normalized spacial score (nSPS) is 11.1. The molecular formula is C24H21ClN4S. The lowest BCUT2D eigenvalue weighted by atomic mass is 10.1. The Balaban J connectivity index is 1.46. The molecule has 0 saturated carbocycles. The highest BCUT2D eigenvalue weighted by atomic mass is 35.5. The van der Waals surface area contributed by atoms with Gasteiger partial charge in [-0.05, 0) is 48.0 Å². The topological polar surface area (TPSA) is 52.2 Å². The molecule has 3 aromatic carbocycles. The van der Waals surface area contributed by atoms with Gasteiger partial charge in [0.25, 0.3) is 0 Å². The Bertz CT molecular complexity index is 1170. The van der Waals surface area contributed by atoms with Crippen LogP contribution in [0.1, 0.15) is 11.1 Å². The summed E-state index contributed by atoms with van der Waals surface area (Å²) in [4.78, 5) is 3.48. The van der Waals surface area contributed by atoms with E-state index in [9.17, 15) is 0 Å². The molecule has 30 heavy (non-hydrogen) atoms. The van der Waals surface area contributed by atoms with Crippen molar-refractivity contribution in [3.05, 3.63) is 95.0 Å². The SMILES string of the molecule is S=C(NCCc1ccccc1)NN=Cc1c(-c2ccc(Cl)cc2)[nH]c2ccccc12. The van der Waals surface area contributed by atoms with Crippen molar-refractivity contribution in [1.29, 1.82) is 0 Å². The van der Waals surface area contributed by atoms with Crippen LogP contribution in [-0.4, -0.2) is 22.9 Å². The molecule has 3 N–H and O–H groups in total. The summed E-state index contributed by atoms with van der Waals surface area (Å²) in [5, 5.41) is 9.85. The fourth-order valence-corrected chi connectivity index (χ4v) is 3.58. The van der Waals surface area contributed by atoms with Crippen LogP contribution in [0, 0.1) is 0 Å². The number of nitrogens with one attached hydrogen (secondary N) is 3. The zero-order valence-electron chi connectivity index (χ0n) is 16.2. The maximum atomic E-state index is 6.05. The van der Waals surface area contributed by atoms with Crippen molar-refractivity contribution < 1.29 is 0 Å². The number of hydrogen-bond donors (Lipinski definition) is 3. The van der Waals surface area contributed by atoms with Gasteiger partial charge >= 0.3 is 0 Å². The molecule has 0 aliphatic rings. The number of hydrazone groups is 1. The van der Waals surface area contributed by atoms with E-state index in [4.69, 9.17) is 23.8 Å². The molecule has 0 saturated heterocycles. The Kier molecular flexibility index (Phi) is 6.42. The van der Waals surface area contributed by atoms with Crippen molar-refractivity contribution >= 4 is 46.0 Å². The van der Waals surface area contributed by atoms with Gasteiger partial charge in [0.2, 0.25) is 0 Å². The molecule has 1 heterocycles. The van der Waals surface area contributed by atoms with Crippen molar-refractivity contribution in [3.63, 3.8) is 0 Å². The molecule has 0 radical (unpaired) electrons. The fourth-order valence-electron chi connectivity index (χ4n) is 3.30. The molecule has 6 heteroatoms. The highest BCUT2D eigenvalue weighted by molar-refractivity contribution is 7.80. The molecule has 0 aliphatic heterocycles. The molecule has 0 aliphatic carbocycles. The number of aromatic amines is 1. The third-order valence-corrected chi connectivity index (χ3v) is 5.27. The summed E-state index contributed by atoms with van der Waals surface area (Å²) >= 11 is 11.4. The third-order valence-electron chi connectivity index (χ3n) is 4.78. The van der Waals surface area contributed by atoms with Gasteiger partial charge in [0.15, 0.2) is 5.11 Å². The van der Waals surface area contributed by atoms with Gasteiger partial charge in [-0.25, -0.2) is 0 Å². The Labute approximate surface area is 186 Å². The van der Waals surface area contributed by atoms with Crippen LogP contribution in [0.25, 0.3) is 22.2 Å².